The minimum Gasteiger partial charge on any atom is -0.391 e. The van der Waals surface area contributed by atoms with Gasteiger partial charge in [0.15, 0.2) is 5.13 Å². The molecule has 0 spiro atoms. The van der Waals surface area contributed by atoms with Crippen molar-refractivity contribution in [3.63, 3.8) is 0 Å². The number of likely N-dealkylation sites (tertiary alicyclic amines) is 2. The molecular weight excluding hydrogens is 565 g/mol. The molecule has 3 aliphatic rings. The maximum Gasteiger partial charge on any atom is 0.236 e. The summed E-state index contributed by atoms with van der Waals surface area (Å²) < 4.78 is 13.6. The zero-order valence-electron chi connectivity index (χ0n) is 25.1. The Bertz CT molecular complexity index is 1430. The Morgan fingerprint density at radius 1 is 1.23 bits per heavy atom. The Kier molecular flexibility index (Phi) is 9.80. The van der Waals surface area contributed by atoms with Crippen LogP contribution in [0.25, 0.3) is 11.3 Å². The minimum atomic E-state index is -0.391. The van der Waals surface area contributed by atoms with Crippen LogP contribution < -0.4 is 10.2 Å². The summed E-state index contributed by atoms with van der Waals surface area (Å²) in [5.41, 5.74) is 3.57. The van der Waals surface area contributed by atoms with E-state index in [0.29, 0.717) is 59.8 Å². The van der Waals surface area contributed by atoms with Crippen LogP contribution in [0.15, 0.2) is 59.7 Å². The number of amides is 1. The van der Waals surface area contributed by atoms with E-state index in [-0.39, 0.29) is 11.7 Å². The summed E-state index contributed by atoms with van der Waals surface area (Å²) >= 11 is 1.32. The Morgan fingerprint density at radius 2 is 1.98 bits per heavy atom. The van der Waals surface area contributed by atoms with Gasteiger partial charge in [0.2, 0.25) is 5.91 Å². The molecule has 4 heterocycles. The Balaban J connectivity index is 1.32. The number of anilines is 1. The van der Waals surface area contributed by atoms with Crippen LogP contribution in [0.3, 0.4) is 0 Å². The second-order valence-corrected chi connectivity index (χ2v) is 12.3. The van der Waals surface area contributed by atoms with E-state index in [1.165, 1.54) is 29.0 Å². The fourth-order valence-corrected chi connectivity index (χ4v) is 6.94. The molecule has 11 heteroatoms. The quantitative estimate of drug-likeness (QED) is 0.441. The van der Waals surface area contributed by atoms with Crippen molar-refractivity contribution in [3.8, 4) is 17.3 Å². The van der Waals surface area contributed by atoms with E-state index >= 15 is 0 Å². The highest BCUT2D eigenvalue weighted by molar-refractivity contribution is 7.16. The van der Waals surface area contributed by atoms with E-state index in [1.54, 1.807) is 17.0 Å². The van der Waals surface area contributed by atoms with Gasteiger partial charge in [0.25, 0.3) is 0 Å². The second-order valence-electron chi connectivity index (χ2n) is 11.3. The molecule has 1 amide bonds. The fraction of sp³-hybridized carbons (Fsp3) is 0.469. The van der Waals surface area contributed by atoms with Crippen molar-refractivity contribution in [1.29, 1.82) is 5.26 Å². The molecule has 0 unspecified atom stereocenters. The predicted molar refractivity (Wildman–Crippen MR) is 167 cm³/mol. The van der Waals surface area contributed by atoms with Crippen LogP contribution in [-0.2, 0) is 4.79 Å². The number of nitrogens with one attached hydrogen (secondary N) is 1. The highest BCUT2D eigenvalue weighted by Crippen LogP contribution is 2.36. The highest BCUT2D eigenvalue weighted by atomic mass is 32.1. The van der Waals surface area contributed by atoms with Gasteiger partial charge in [-0.25, -0.2) is 9.37 Å². The zero-order valence-corrected chi connectivity index (χ0v) is 25.9. The number of carbonyl (C=O) groups excluding carboxylic acids is 1. The average Bonchev–Trinajstić information content (AvgIpc) is 3.67. The van der Waals surface area contributed by atoms with E-state index in [1.807, 2.05) is 19.0 Å². The van der Waals surface area contributed by atoms with E-state index < -0.39 is 6.10 Å². The van der Waals surface area contributed by atoms with Crippen LogP contribution in [0, 0.1) is 23.1 Å². The molecule has 228 valence electrons. The third-order valence-electron chi connectivity index (χ3n) is 8.49. The van der Waals surface area contributed by atoms with E-state index in [2.05, 4.69) is 46.5 Å². The number of nitriles is 1. The van der Waals surface area contributed by atoms with Crippen molar-refractivity contribution in [2.75, 3.05) is 58.3 Å². The standard InChI is InChI=1S/C32H40FN7O2S/c1-4-27(35-2)31(37(3)32-36-30(28(18-34)43-32)23-7-9-25(33)10-8-23)40-14-5-6-24(19-40)22-11-15-38(16-12-22)21-29(42)39-17-13-26(41)20-39/h5-10,19,22,26,35,41H,4,11-17,20-21H2,1-3H3/b31-27-/t26-/m0/s1. The average molecular weight is 606 g/mol. The van der Waals surface area contributed by atoms with Crippen molar-refractivity contribution >= 4 is 22.4 Å². The molecule has 2 aromatic rings. The number of hydrogen-bond acceptors (Lipinski definition) is 9. The minimum absolute atomic E-state index is 0.110. The zero-order chi connectivity index (χ0) is 30.5. The summed E-state index contributed by atoms with van der Waals surface area (Å²) in [6.07, 6.45) is 9.64. The third-order valence-corrected chi connectivity index (χ3v) is 9.52. The number of rotatable bonds is 9. The number of carbonyl (C=O) groups is 1. The Morgan fingerprint density at radius 3 is 2.60 bits per heavy atom. The largest absolute Gasteiger partial charge is 0.391 e. The molecule has 43 heavy (non-hydrogen) atoms. The van der Waals surface area contributed by atoms with Crippen molar-refractivity contribution in [3.05, 3.63) is 70.4 Å². The molecular formula is C32H40FN7O2S. The number of nitrogens with zero attached hydrogens (tertiary/aromatic N) is 6. The summed E-state index contributed by atoms with van der Waals surface area (Å²) in [4.78, 5) is 26.3. The van der Waals surface area contributed by atoms with Crippen molar-refractivity contribution in [2.45, 2.75) is 38.7 Å². The number of thiazole rings is 1. The summed E-state index contributed by atoms with van der Waals surface area (Å²) in [7, 11) is 3.89. The number of benzene rings is 1. The topological polar surface area (TPSA) is 99.0 Å². The highest BCUT2D eigenvalue weighted by Gasteiger charge is 2.30. The van der Waals surface area contributed by atoms with Gasteiger partial charge in [0, 0.05) is 45.5 Å². The van der Waals surface area contributed by atoms with Gasteiger partial charge in [-0.3, -0.25) is 9.69 Å². The number of aliphatic hydroxyl groups excluding tert-OH is 1. The van der Waals surface area contributed by atoms with Crippen molar-refractivity contribution in [2.24, 2.45) is 5.92 Å². The number of aromatic nitrogens is 1. The molecule has 1 aromatic carbocycles. The first-order valence-electron chi connectivity index (χ1n) is 15.0. The lowest BCUT2D eigenvalue weighted by atomic mass is 9.88. The number of hydrogen-bond donors (Lipinski definition) is 2. The number of allylic oxidation sites excluding steroid dienone is 3. The van der Waals surface area contributed by atoms with Gasteiger partial charge in [-0.05, 0) is 74.5 Å². The maximum atomic E-state index is 13.6. The fourth-order valence-electron chi connectivity index (χ4n) is 6.09. The normalized spacial score (nSPS) is 20.1. The molecule has 2 saturated heterocycles. The third kappa shape index (κ3) is 6.93. The summed E-state index contributed by atoms with van der Waals surface area (Å²) in [6, 6.07) is 8.34. The first-order chi connectivity index (χ1) is 20.8. The molecule has 1 atom stereocenters. The lowest BCUT2D eigenvalue weighted by Gasteiger charge is -2.37. The van der Waals surface area contributed by atoms with Crippen LogP contribution in [0.4, 0.5) is 9.52 Å². The SMILES string of the molecule is CC/C(NC)=C(/N1C=C(C2CCN(CC(=O)N3CC[C@H](O)C3)CC2)C=CC1)N(C)c1nc(-c2ccc(F)cc2)c(C#N)s1. The monoisotopic (exact) mass is 605 g/mol. The molecule has 0 saturated carbocycles. The first kappa shape index (κ1) is 30.7. The van der Waals surface area contributed by atoms with Gasteiger partial charge in [0.1, 0.15) is 28.3 Å². The van der Waals surface area contributed by atoms with Gasteiger partial charge < -0.3 is 25.1 Å². The van der Waals surface area contributed by atoms with Gasteiger partial charge in [-0.2, -0.15) is 5.26 Å². The Labute approximate surface area is 257 Å². The maximum absolute atomic E-state index is 13.6. The predicted octanol–water partition coefficient (Wildman–Crippen LogP) is 4.12. The molecule has 0 radical (unpaired) electrons. The van der Waals surface area contributed by atoms with E-state index in [0.717, 1.165) is 43.9 Å². The van der Waals surface area contributed by atoms with Gasteiger partial charge in [-0.15, -0.1) is 0 Å². The molecule has 5 rings (SSSR count). The summed E-state index contributed by atoms with van der Waals surface area (Å²) in [5, 5.41) is 23.7. The number of halogens is 1. The smallest absolute Gasteiger partial charge is 0.236 e. The molecule has 0 aliphatic carbocycles. The Hall–Kier alpha value is -3.72. The van der Waals surface area contributed by atoms with E-state index in [9.17, 15) is 19.6 Å². The lowest BCUT2D eigenvalue weighted by Crippen LogP contribution is -2.43. The number of aliphatic hydroxyl groups is 1. The van der Waals surface area contributed by atoms with Crippen LogP contribution in [0.2, 0.25) is 0 Å². The van der Waals surface area contributed by atoms with Crippen LogP contribution in [-0.4, -0.2) is 90.2 Å². The van der Waals surface area contributed by atoms with Gasteiger partial charge in [-0.1, -0.05) is 30.4 Å². The molecule has 3 aliphatic heterocycles. The van der Waals surface area contributed by atoms with E-state index in [4.69, 9.17) is 4.98 Å². The number of piperidine rings is 1. The lowest BCUT2D eigenvalue weighted by molar-refractivity contribution is -0.132. The first-order valence-corrected chi connectivity index (χ1v) is 15.8. The molecule has 0 bridgehead atoms. The van der Waals surface area contributed by atoms with Gasteiger partial charge in [0.05, 0.1) is 18.3 Å². The molecule has 2 N–H and O–H groups in total. The molecule has 1 aromatic heterocycles. The van der Waals surface area contributed by atoms with Crippen molar-refractivity contribution in [1.82, 2.24) is 25.0 Å². The van der Waals surface area contributed by atoms with Gasteiger partial charge >= 0.3 is 0 Å². The van der Waals surface area contributed by atoms with Crippen LogP contribution >= 0.6 is 11.3 Å². The summed E-state index contributed by atoms with van der Waals surface area (Å²) in [6.45, 7) is 6.04. The molecule has 9 nitrogen and oxygen atoms in total. The van der Waals surface area contributed by atoms with Crippen molar-refractivity contribution < 1.29 is 14.3 Å². The van der Waals surface area contributed by atoms with Crippen LogP contribution in [0.5, 0.6) is 0 Å². The van der Waals surface area contributed by atoms with Crippen LogP contribution in [0.1, 0.15) is 37.5 Å². The second kappa shape index (κ2) is 13.7. The number of β-amino-alcohol motifs (C(OH)–C–C–N with tert-alkyl or cyclic N) is 1. The molecule has 2 fully saturated rings. The summed E-state index contributed by atoms with van der Waals surface area (Å²) in [5.74, 6) is 1.13.